The molecule has 0 saturated carbocycles. The largest absolute Gasteiger partial charge is 0.466 e. The summed E-state index contributed by atoms with van der Waals surface area (Å²) in [7, 11) is 0. The fourth-order valence-corrected chi connectivity index (χ4v) is 12.1. The summed E-state index contributed by atoms with van der Waals surface area (Å²) in [5.74, 6) is -0.00351. The van der Waals surface area contributed by atoms with Crippen LogP contribution in [-0.4, -0.2) is 47.4 Å². The molecular weight excluding hydrogens is 995 g/mol. The van der Waals surface area contributed by atoms with E-state index in [0.29, 0.717) is 25.9 Å². The Labute approximate surface area is 508 Å². The van der Waals surface area contributed by atoms with Gasteiger partial charge in [0, 0.05) is 12.8 Å². The molecule has 0 aromatic heterocycles. The number of unbranched alkanes of at least 4 members (excludes halogenated alkanes) is 58. The van der Waals surface area contributed by atoms with Gasteiger partial charge in [-0.05, 0) is 51.4 Å². The van der Waals surface area contributed by atoms with Crippen LogP contribution < -0.4 is 5.32 Å². The highest BCUT2D eigenvalue weighted by molar-refractivity contribution is 5.76. The highest BCUT2D eigenvalue weighted by Gasteiger charge is 2.20. The quantitative estimate of drug-likeness (QED) is 0.0320. The van der Waals surface area contributed by atoms with Crippen LogP contribution in [0.25, 0.3) is 0 Å². The number of carbonyl (C=O) groups excluding carboxylic acids is 2. The number of amides is 1. The lowest BCUT2D eigenvalue weighted by Crippen LogP contribution is -2.45. The van der Waals surface area contributed by atoms with Gasteiger partial charge < -0.3 is 20.3 Å². The third-order valence-electron chi connectivity index (χ3n) is 17.8. The maximum atomic E-state index is 12.5. The molecule has 0 fully saturated rings. The monoisotopic (exact) mass is 1140 g/mol. The Morgan fingerprint density at radius 2 is 0.580 bits per heavy atom. The summed E-state index contributed by atoms with van der Waals surface area (Å²) in [5, 5.41) is 23.2. The van der Waals surface area contributed by atoms with Crippen LogP contribution in [0.1, 0.15) is 431 Å². The molecule has 0 radical (unpaired) electrons. The van der Waals surface area contributed by atoms with Crippen molar-refractivity contribution in [2.45, 2.75) is 443 Å². The Kier molecular flexibility index (Phi) is 69.9. The minimum Gasteiger partial charge on any atom is -0.466 e. The highest BCUT2D eigenvalue weighted by atomic mass is 16.5. The number of aliphatic hydroxyl groups excluding tert-OH is 2. The molecule has 2 unspecified atom stereocenters. The van der Waals surface area contributed by atoms with Gasteiger partial charge >= 0.3 is 5.97 Å². The van der Waals surface area contributed by atoms with Crippen LogP contribution in [0.15, 0.2) is 12.2 Å². The fraction of sp³-hybridized carbons (Fsp3) is 0.947. The van der Waals surface area contributed by atoms with Gasteiger partial charge in [0.05, 0.1) is 25.4 Å². The molecule has 81 heavy (non-hydrogen) atoms. The topological polar surface area (TPSA) is 95.9 Å². The minimum atomic E-state index is -0.659. The molecule has 0 aromatic rings. The number of hydrogen-bond donors (Lipinski definition) is 3. The second-order valence-corrected chi connectivity index (χ2v) is 26.0. The minimum absolute atomic E-state index is 0.0256. The zero-order valence-corrected chi connectivity index (χ0v) is 55.3. The van der Waals surface area contributed by atoms with Crippen LogP contribution in [0.2, 0.25) is 0 Å². The van der Waals surface area contributed by atoms with E-state index in [-0.39, 0.29) is 18.5 Å². The molecule has 0 aliphatic heterocycles. The molecule has 0 spiro atoms. The Morgan fingerprint density at radius 1 is 0.333 bits per heavy atom. The molecule has 0 heterocycles. The van der Waals surface area contributed by atoms with E-state index in [4.69, 9.17) is 4.74 Å². The number of nitrogens with one attached hydrogen (secondary N) is 1. The van der Waals surface area contributed by atoms with Gasteiger partial charge in [-0.15, -0.1) is 0 Å². The summed E-state index contributed by atoms with van der Waals surface area (Å²) < 4.78 is 5.50. The van der Waals surface area contributed by atoms with E-state index >= 15 is 0 Å². The van der Waals surface area contributed by atoms with E-state index in [1.54, 1.807) is 0 Å². The average molecular weight is 1140 g/mol. The van der Waals surface area contributed by atoms with Gasteiger partial charge in [0.2, 0.25) is 5.91 Å². The average Bonchev–Trinajstić information content (AvgIpc) is 3.47. The first-order valence-corrected chi connectivity index (χ1v) is 37.4. The zero-order valence-electron chi connectivity index (χ0n) is 55.3. The van der Waals surface area contributed by atoms with Crippen molar-refractivity contribution in [1.29, 1.82) is 0 Å². The molecule has 3 N–H and O–H groups in total. The van der Waals surface area contributed by atoms with Crippen molar-refractivity contribution in [3.05, 3.63) is 12.2 Å². The van der Waals surface area contributed by atoms with Gasteiger partial charge in [0.25, 0.3) is 0 Å². The first-order valence-electron chi connectivity index (χ1n) is 37.4. The van der Waals surface area contributed by atoms with E-state index in [1.807, 2.05) is 0 Å². The summed E-state index contributed by atoms with van der Waals surface area (Å²) >= 11 is 0. The number of allylic oxidation sites excluding steroid dienone is 2. The van der Waals surface area contributed by atoms with Crippen LogP contribution in [0.4, 0.5) is 0 Å². The number of carbonyl (C=O) groups is 2. The maximum absolute atomic E-state index is 12.5. The smallest absolute Gasteiger partial charge is 0.305 e. The van der Waals surface area contributed by atoms with Crippen molar-refractivity contribution in [1.82, 2.24) is 5.32 Å². The van der Waals surface area contributed by atoms with Gasteiger partial charge in [-0.3, -0.25) is 9.59 Å². The number of aliphatic hydroxyl groups is 2. The van der Waals surface area contributed by atoms with Crippen molar-refractivity contribution in [2.24, 2.45) is 0 Å². The molecule has 0 bridgehead atoms. The van der Waals surface area contributed by atoms with Crippen LogP contribution in [0, 0.1) is 0 Å². The molecule has 0 aliphatic rings. The first-order chi connectivity index (χ1) is 40.0. The van der Waals surface area contributed by atoms with E-state index in [2.05, 4.69) is 31.3 Å². The molecule has 6 heteroatoms. The van der Waals surface area contributed by atoms with Crippen molar-refractivity contribution < 1.29 is 24.5 Å². The van der Waals surface area contributed by atoms with Crippen LogP contribution >= 0.6 is 0 Å². The molecule has 0 rings (SSSR count). The molecule has 0 aromatic carbocycles. The predicted molar refractivity (Wildman–Crippen MR) is 357 cm³/mol. The Bertz CT molecular complexity index is 1220. The van der Waals surface area contributed by atoms with Crippen molar-refractivity contribution >= 4 is 11.9 Å². The van der Waals surface area contributed by atoms with Gasteiger partial charge in [0.1, 0.15) is 0 Å². The number of esters is 1. The molecular formula is C75H147NO5. The number of rotatable bonds is 71. The van der Waals surface area contributed by atoms with Gasteiger partial charge in [-0.2, -0.15) is 0 Å². The van der Waals surface area contributed by atoms with Crippen molar-refractivity contribution in [2.75, 3.05) is 13.2 Å². The number of ether oxygens (including phenoxy) is 1. The van der Waals surface area contributed by atoms with E-state index < -0.39 is 12.1 Å². The lowest BCUT2D eigenvalue weighted by Gasteiger charge is -2.22. The fourth-order valence-electron chi connectivity index (χ4n) is 12.1. The summed E-state index contributed by atoms with van der Waals surface area (Å²) in [6, 6.07) is -0.536. The molecule has 2 atom stereocenters. The van der Waals surface area contributed by atoms with Crippen LogP contribution in [-0.2, 0) is 14.3 Å². The van der Waals surface area contributed by atoms with Crippen molar-refractivity contribution in [3.8, 4) is 0 Å². The molecule has 482 valence electrons. The van der Waals surface area contributed by atoms with Crippen molar-refractivity contribution in [3.63, 3.8) is 0 Å². The van der Waals surface area contributed by atoms with Gasteiger partial charge in [0.15, 0.2) is 0 Å². The van der Waals surface area contributed by atoms with E-state index in [0.717, 1.165) is 38.5 Å². The highest BCUT2D eigenvalue weighted by Crippen LogP contribution is 2.20. The summed E-state index contributed by atoms with van der Waals surface area (Å²) in [6.07, 6.45) is 88.8. The van der Waals surface area contributed by atoms with E-state index in [1.165, 1.54) is 360 Å². The lowest BCUT2D eigenvalue weighted by atomic mass is 10.0. The number of hydrogen-bond acceptors (Lipinski definition) is 5. The third kappa shape index (κ3) is 67.6. The summed E-state index contributed by atoms with van der Waals surface area (Å²) in [6.45, 7) is 4.99. The molecule has 6 nitrogen and oxygen atoms in total. The van der Waals surface area contributed by atoms with Gasteiger partial charge in [-0.25, -0.2) is 0 Å². The second kappa shape index (κ2) is 71.1. The Morgan fingerprint density at radius 3 is 0.877 bits per heavy atom. The summed E-state index contributed by atoms with van der Waals surface area (Å²) in [5.41, 5.74) is 0. The predicted octanol–water partition coefficient (Wildman–Crippen LogP) is 24.3. The van der Waals surface area contributed by atoms with Crippen LogP contribution in [0.5, 0.6) is 0 Å². The Balaban J connectivity index is 3.29. The van der Waals surface area contributed by atoms with E-state index in [9.17, 15) is 19.8 Å². The molecule has 0 aliphatic carbocycles. The first kappa shape index (κ1) is 79.6. The lowest BCUT2D eigenvalue weighted by molar-refractivity contribution is -0.143. The molecule has 1 amide bonds. The standard InChI is InChI=1S/C75H147NO5/c1-3-5-7-9-11-13-15-16-45-49-53-57-61-65-69-75(80)81-70-66-62-58-54-50-46-43-41-39-37-35-33-31-29-27-25-23-21-19-17-18-20-22-24-26-28-30-32-34-36-38-40-42-44-48-52-56-60-64-68-74(79)76-72(71-77)73(78)67-63-59-55-51-47-14-12-10-8-6-4-2/h17-18,72-73,77-78H,3-16,19-71H2,1-2H3,(H,76,79)/b18-17-. The SMILES string of the molecule is CCCCCCCCCCCCCCCCC(=O)OCCCCCCCCCCCCCCCCCCCC/C=C\CCCCCCCCCCCCCCCCCCCC(=O)NC(CO)C(O)CCCCCCCCCCCCC. The van der Waals surface area contributed by atoms with Gasteiger partial charge in [-0.1, -0.05) is 379 Å². The molecule has 0 saturated heterocycles. The second-order valence-electron chi connectivity index (χ2n) is 26.0. The Hall–Kier alpha value is -1.40. The maximum Gasteiger partial charge on any atom is 0.305 e. The normalized spacial score (nSPS) is 12.5. The zero-order chi connectivity index (χ0) is 58.5. The van der Waals surface area contributed by atoms with Crippen LogP contribution in [0.3, 0.4) is 0 Å². The summed E-state index contributed by atoms with van der Waals surface area (Å²) in [4.78, 5) is 24.5. The third-order valence-corrected chi connectivity index (χ3v) is 17.8.